The van der Waals surface area contributed by atoms with Crippen LogP contribution >= 0.6 is 23.2 Å². The van der Waals surface area contributed by atoms with Gasteiger partial charge in [0.1, 0.15) is 0 Å². The number of hydrogen-bond donors (Lipinski definition) is 6. The molecule has 0 bridgehead atoms. The number of carbonyl (C=O) groups excluding carboxylic acids is 2. The predicted octanol–water partition coefficient (Wildman–Crippen LogP) is 6.66. The summed E-state index contributed by atoms with van der Waals surface area (Å²) in [5, 5.41) is 22.0. The smallest absolute Gasteiger partial charge is 0.328 e. The van der Waals surface area contributed by atoms with Crippen molar-refractivity contribution in [3.05, 3.63) is 58.6 Å². The number of rotatable bonds is 14. The van der Waals surface area contributed by atoms with Gasteiger partial charge in [-0.3, -0.25) is 20.6 Å². The highest BCUT2D eigenvalue weighted by Gasteiger charge is 2.17. The van der Waals surface area contributed by atoms with E-state index in [0.717, 1.165) is 57.8 Å². The van der Waals surface area contributed by atoms with Crippen LogP contribution in [0.3, 0.4) is 0 Å². The molecule has 212 valence electrons. The van der Waals surface area contributed by atoms with E-state index in [-0.39, 0.29) is 11.9 Å². The molecule has 8 N–H and O–H groups in total. The highest BCUT2D eigenvalue weighted by Crippen LogP contribution is 2.16. The van der Waals surface area contributed by atoms with Gasteiger partial charge in [0.05, 0.1) is 0 Å². The SMILES string of the molecule is N=C(N)N(CCCCCCCCCCCN(C(=N)N)C(=O)Nc1ccc(Cl)cc1)C(=O)Nc1ccc(Cl)cc1. The number of guanidine groups is 2. The van der Waals surface area contributed by atoms with Crippen molar-refractivity contribution in [2.45, 2.75) is 57.8 Å². The van der Waals surface area contributed by atoms with Gasteiger partial charge in [-0.05, 0) is 61.4 Å². The van der Waals surface area contributed by atoms with Gasteiger partial charge in [0.15, 0.2) is 11.9 Å². The van der Waals surface area contributed by atoms with Crippen LogP contribution in [-0.2, 0) is 0 Å². The minimum absolute atomic E-state index is 0.285. The number of urea groups is 2. The van der Waals surface area contributed by atoms with E-state index in [9.17, 15) is 9.59 Å². The second-order valence-electron chi connectivity index (χ2n) is 9.13. The van der Waals surface area contributed by atoms with Gasteiger partial charge in [0, 0.05) is 34.5 Å². The fourth-order valence-electron chi connectivity index (χ4n) is 3.89. The van der Waals surface area contributed by atoms with Crippen LogP contribution in [0.2, 0.25) is 10.0 Å². The summed E-state index contributed by atoms with van der Waals surface area (Å²) >= 11 is 11.7. The molecule has 0 fully saturated rings. The molecular formula is C27H38Cl2N8O2. The summed E-state index contributed by atoms with van der Waals surface area (Å²) in [7, 11) is 0. The second-order valence-corrected chi connectivity index (χ2v) is 10.0. The van der Waals surface area contributed by atoms with Crippen molar-refractivity contribution >= 4 is 58.6 Å². The summed E-state index contributed by atoms with van der Waals surface area (Å²) in [6, 6.07) is 12.6. The average Bonchev–Trinajstić information content (AvgIpc) is 2.89. The van der Waals surface area contributed by atoms with E-state index in [1.54, 1.807) is 48.5 Å². The molecule has 0 aliphatic heterocycles. The largest absolute Gasteiger partial charge is 0.370 e. The average molecular weight is 578 g/mol. The molecule has 2 rings (SSSR count). The molecule has 4 amide bonds. The zero-order chi connectivity index (χ0) is 28.6. The number of nitrogens with one attached hydrogen (secondary N) is 4. The lowest BCUT2D eigenvalue weighted by molar-refractivity contribution is 0.231. The first-order valence-electron chi connectivity index (χ1n) is 13.0. The zero-order valence-electron chi connectivity index (χ0n) is 22.0. The van der Waals surface area contributed by atoms with E-state index < -0.39 is 12.1 Å². The van der Waals surface area contributed by atoms with E-state index in [1.807, 2.05) is 0 Å². The number of anilines is 2. The first-order chi connectivity index (χ1) is 18.7. The Morgan fingerprint density at radius 1 is 0.590 bits per heavy atom. The van der Waals surface area contributed by atoms with Crippen molar-refractivity contribution in [1.82, 2.24) is 9.80 Å². The zero-order valence-corrected chi connectivity index (χ0v) is 23.5. The summed E-state index contributed by atoms with van der Waals surface area (Å²) in [5.41, 5.74) is 12.4. The van der Waals surface area contributed by atoms with Crippen LogP contribution in [0.15, 0.2) is 48.5 Å². The van der Waals surface area contributed by atoms with Gasteiger partial charge in [-0.1, -0.05) is 68.1 Å². The summed E-state index contributed by atoms with van der Waals surface area (Å²) in [5.74, 6) is -0.570. The van der Waals surface area contributed by atoms with Crippen molar-refractivity contribution in [3.8, 4) is 0 Å². The fraction of sp³-hybridized carbons (Fsp3) is 0.407. The molecule has 0 heterocycles. The second kappa shape index (κ2) is 17.2. The third-order valence-electron chi connectivity index (χ3n) is 6.03. The van der Waals surface area contributed by atoms with Gasteiger partial charge in [0.25, 0.3) is 0 Å². The van der Waals surface area contributed by atoms with E-state index in [2.05, 4.69) is 10.6 Å². The maximum atomic E-state index is 12.5. The van der Waals surface area contributed by atoms with E-state index in [0.29, 0.717) is 34.5 Å². The van der Waals surface area contributed by atoms with Crippen molar-refractivity contribution in [3.63, 3.8) is 0 Å². The summed E-state index contributed by atoms with van der Waals surface area (Å²) in [6.45, 7) is 0.764. The maximum Gasteiger partial charge on any atom is 0.328 e. The number of nitrogens with two attached hydrogens (primary N) is 2. The highest BCUT2D eigenvalue weighted by molar-refractivity contribution is 6.31. The minimum Gasteiger partial charge on any atom is -0.370 e. The molecule has 2 aromatic rings. The van der Waals surface area contributed by atoms with Crippen LogP contribution in [0.25, 0.3) is 0 Å². The highest BCUT2D eigenvalue weighted by atomic mass is 35.5. The van der Waals surface area contributed by atoms with E-state index in [1.165, 1.54) is 9.80 Å². The lowest BCUT2D eigenvalue weighted by Crippen LogP contribution is -2.44. The minimum atomic E-state index is -0.435. The lowest BCUT2D eigenvalue weighted by Gasteiger charge is -2.21. The molecule has 10 nitrogen and oxygen atoms in total. The Balaban J connectivity index is 1.55. The Hall–Kier alpha value is -3.50. The summed E-state index contributed by atoms with van der Waals surface area (Å²) in [6.07, 6.45) is 8.73. The molecule has 0 saturated carbocycles. The van der Waals surface area contributed by atoms with Gasteiger partial charge in [0.2, 0.25) is 0 Å². The fourth-order valence-corrected chi connectivity index (χ4v) is 4.14. The molecule has 0 spiro atoms. The van der Waals surface area contributed by atoms with Gasteiger partial charge in [-0.25, -0.2) is 9.59 Å². The van der Waals surface area contributed by atoms with Gasteiger partial charge in [-0.2, -0.15) is 0 Å². The van der Waals surface area contributed by atoms with Crippen LogP contribution in [0.1, 0.15) is 57.8 Å². The molecule has 12 heteroatoms. The Kier molecular flexibility index (Phi) is 14.0. The summed E-state index contributed by atoms with van der Waals surface area (Å²) in [4.78, 5) is 27.4. The Labute approximate surface area is 240 Å². The predicted molar refractivity (Wildman–Crippen MR) is 160 cm³/mol. The van der Waals surface area contributed by atoms with Gasteiger partial charge < -0.3 is 22.1 Å². The number of benzene rings is 2. The van der Waals surface area contributed by atoms with Crippen LogP contribution in [0.4, 0.5) is 21.0 Å². The number of hydrogen-bond acceptors (Lipinski definition) is 4. The maximum absolute atomic E-state index is 12.5. The van der Waals surface area contributed by atoms with Crippen LogP contribution in [0, 0.1) is 10.8 Å². The van der Waals surface area contributed by atoms with Crippen LogP contribution < -0.4 is 22.1 Å². The van der Waals surface area contributed by atoms with Crippen molar-refractivity contribution in [2.24, 2.45) is 11.5 Å². The summed E-state index contributed by atoms with van der Waals surface area (Å²) < 4.78 is 0. The van der Waals surface area contributed by atoms with E-state index in [4.69, 9.17) is 45.5 Å². The molecule has 0 saturated heterocycles. The molecule has 0 unspecified atom stereocenters. The third-order valence-corrected chi connectivity index (χ3v) is 6.53. The number of nitrogens with zero attached hydrogens (tertiary/aromatic N) is 2. The number of halogens is 2. The van der Waals surface area contributed by atoms with Crippen LogP contribution in [0.5, 0.6) is 0 Å². The molecule has 0 aliphatic carbocycles. The molecular weight excluding hydrogens is 539 g/mol. The molecule has 39 heavy (non-hydrogen) atoms. The Morgan fingerprint density at radius 3 is 1.15 bits per heavy atom. The lowest BCUT2D eigenvalue weighted by atomic mass is 10.1. The number of amides is 4. The van der Waals surface area contributed by atoms with E-state index >= 15 is 0 Å². The number of carbonyl (C=O) groups is 2. The quantitative estimate of drug-likeness (QED) is 0.0840. The topological polar surface area (TPSA) is 164 Å². The van der Waals surface area contributed by atoms with Crippen molar-refractivity contribution < 1.29 is 9.59 Å². The van der Waals surface area contributed by atoms with Crippen LogP contribution in [-0.4, -0.2) is 46.9 Å². The first kappa shape index (κ1) is 31.7. The normalized spacial score (nSPS) is 10.5. The number of unbranched alkanes of at least 4 members (excludes halogenated alkanes) is 8. The standard InChI is InChI=1S/C27H38Cl2N8O2/c28-20-10-14-22(15-11-20)34-26(38)36(24(30)31)18-8-6-4-2-1-3-5-7-9-19-37(25(32)33)27(39)35-23-16-12-21(29)13-17-23/h10-17H,1-9,18-19H2,(H3,30,31)(H3,32,33)(H,34,38)(H,35,39). The third kappa shape index (κ3) is 12.3. The van der Waals surface area contributed by atoms with Crippen molar-refractivity contribution in [1.29, 1.82) is 10.8 Å². The molecule has 0 radical (unpaired) electrons. The molecule has 0 aromatic heterocycles. The Bertz CT molecular complexity index is 995. The molecule has 0 atom stereocenters. The van der Waals surface area contributed by atoms with Gasteiger partial charge in [-0.15, -0.1) is 0 Å². The Morgan fingerprint density at radius 2 is 0.872 bits per heavy atom. The molecule has 0 aliphatic rings. The van der Waals surface area contributed by atoms with Gasteiger partial charge >= 0.3 is 12.1 Å². The monoisotopic (exact) mass is 576 g/mol. The molecule has 2 aromatic carbocycles. The first-order valence-corrected chi connectivity index (χ1v) is 13.8. The van der Waals surface area contributed by atoms with Crippen molar-refractivity contribution in [2.75, 3.05) is 23.7 Å².